The lowest BCUT2D eigenvalue weighted by Gasteiger charge is -2.31. The summed E-state index contributed by atoms with van der Waals surface area (Å²) in [5.41, 5.74) is -1.62. The third kappa shape index (κ3) is 6.05. The van der Waals surface area contributed by atoms with Crippen molar-refractivity contribution in [2.45, 2.75) is 64.6 Å². The fourth-order valence-electron chi connectivity index (χ4n) is 1.60. The summed E-state index contributed by atoms with van der Waals surface area (Å²) in [6.07, 6.45) is -1.71. The van der Waals surface area contributed by atoms with Gasteiger partial charge in [-0.25, -0.2) is 14.6 Å². The van der Waals surface area contributed by atoms with Crippen molar-refractivity contribution in [3.63, 3.8) is 0 Å². The monoisotopic (exact) mass is 302 g/mol. The van der Waals surface area contributed by atoms with Crippen LogP contribution in [0, 0.1) is 0 Å². The number of carbonyl (C=O) groups is 1. The highest BCUT2D eigenvalue weighted by Crippen LogP contribution is 2.30. The van der Waals surface area contributed by atoms with Crippen LogP contribution in [-0.4, -0.2) is 41.6 Å². The van der Waals surface area contributed by atoms with E-state index in [0.29, 0.717) is 0 Å². The van der Waals surface area contributed by atoms with Crippen molar-refractivity contribution in [3.05, 3.63) is 12.3 Å². The Labute approximate surface area is 125 Å². The zero-order valence-corrected chi connectivity index (χ0v) is 13.4. The van der Waals surface area contributed by atoms with Crippen molar-refractivity contribution in [2.75, 3.05) is 0 Å². The molecule has 120 valence electrons. The Balaban J connectivity index is 2.77. The highest BCUT2D eigenvalue weighted by Gasteiger charge is 2.47. The summed E-state index contributed by atoms with van der Waals surface area (Å²) in [6.45, 7) is 13.6. The van der Waals surface area contributed by atoms with Crippen LogP contribution in [0.5, 0.6) is 0 Å². The molecule has 7 nitrogen and oxygen atoms in total. The highest BCUT2D eigenvalue weighted by molar-refractivity contribution is 6.42. The zero-order chi connectivity index (χ0) is 16.5. The van der Waals surface area contributed by atoms with Gasteiger partial charge in [0.05, 0.1) is 5.60 Å². The molecule has 1 saturated heterocycles. The maximum absolute atomic E-state index is 11.2. The number of aliphatic hydroxyl groups is 1. The largest absolute Gasteiger partial charge is 0.513 e. The zero-order valence-electron chi connectivity index (χ0n) is 13.4. The van der Waals surface area contributed by atoms with Gasteiger partial charge in [0.1, 0.15) is 11.3 Å². The van der Waals surface area contributed by atoms with Crippen molar-refractivity contribution in [1.29, 1.82) is 0 Å². The molecule has 0 bridgehead atoms. The number of carbonyl (C=O) groups excluding carboxylic acids is 1. The molecule has 0 aromatic rings. The summed E-state index contributed by atoms with van der Waals surface area (Å²) in [6, 6.07) is 0. The van der Waals surface area contributed by atoms with Crippen LogP contribution in [0.15, 0.2) is 12.3 Å². The first-order valence-electron chi connectivity index (χ1n) is 6.66. The molecule has 8 heteroatoms. The van der Waals surface area contributed by atoms with Gasteiger partial charge in [-0.15, -0.1) is 0 Å². The van der Waals surface area contributed by atoms with Crippen LogP contribution in [0.2, 0.25) is 0 Å². The minimum absolute atomic E-state index is 0.102. The van der Waals surface area contributed by atoms with Crippen molar-refractivity contribution in [2.24, 2.45) is 0 Å². The molecule has 21 heavy (non-hydrogen) atoms. The third-order valence-electron chi connectivity index (χ3n) is 2.51. The standard InChI is InChI=1S/C13H23BO7/c1-8-13(7,19-10(15)17-8)14-9(18-11(2,3)4)20-21-12(5,6)16/h9,14,16H,1H2,2-7H3. The molecular weight excluding hydrogens is 279 g/mol. The van der Waals surface area contributed by atoms with Gasteiger partial charge in [0.2, 0.25) is 0 Å². The van der Waals surface area contributed by atoms with E-state index in [1.807, 2.05) is 20.8 Å². The molecule has 2 atom stereocenters. The summed E-state index contributed by atoms with van der Waals surface area (Å²) in [5, 5.41) is 9.55. The summed E-state index contributed by atoms with van der Waals surface area (Å²) in [5.74, 6) is -1.32. The van der Waals surface area contributed by atoms with Gasteiger partial charge < -0.3 is 19.3 Å². The molecule has 0 radical (unpaired) electrons. The fraction of sp³-hybridized carbons (Fsp3) is 0.769. The molecule has 0 aliphatic carbocycles. The molecule has 1 aliphatic heterocycles. The Kier molecular flexibility index (Phi) is 5.10. The number of rotatable bonds is 6. The van der Waals surface area contributed by atoms with Gasteiger partial charge in [-0.1, -0.05) is 6.58 Å². The molecule has 1 N–H and O–H groups in total. The Morgan fingerprint density at radius 2 is 1.90 bits per heavy atom. The Bertz CT molecular complexity index is 410. The average Bonchev–Trinajstić information content (AvgIpc) is 2.45. The summed E-state index contributed by atoms with van der Waals surface area (Å²) in [7, 11) is 0.102. The maximum atomic E-state index is 11.2. The van der Waals surface area contributed by atoms with Gasteiger partial charge >= 0.3 is 6.16 Å². The molecule has 0 saturated carbocycles. The lowest BCUT2D eigenvalue weighted by molar-refractivity contribution is -0.448. The van der Waals surface area contributed by atoms with Crippen LogP contribution in [-0.2, 0) is 24.0 Å². The second-order valence-corrected chi connectivity index (χ2v) is 6.60. The van der Waals surface area contributed by atoms with Gasteiger partial charge in [-0.2, -0.15) is 0 Å². The molecule has 0 aromatic carbocycles. The lowest BCUT2D eigenvalue weighted by atomic mass is 9.59. The van der Waals surface area contributed by atoms with Crippen molar-refractivity contribution < 1.29 is 33.9 Å². The van der Waals surface area contributed by atoms with Gasteiger partial charge in [0.25, 0.3) is 7.28 Å². The third-order valence-corrected chi connectivity index (χ3v) is 2.51. The van der Waals surface area contributed by atoms with E-state index < -0.39 is 29.2 Å². The fourth-order valence-corrected chi connectivity index (χ4v) is 1.60. The lowest BCUT2D eigenvalue weighted by Crippen LogP contribution is -2.46. The molecule has 1 fully saturated rings. The van der Waals surface area contributed by atoms with Gasteiger partial charge in [0.15, 0.2) is 12.0 Å². The SMILES string of the molecule is C=C1OC(=O)OC1(C)BC(OOC(C)(C)O)OC(C)(C)C. The minimum atomic E-state index is -1.49. The van der Waals surface area contributed by atoms with Crippen LogP contribution < -0.4 is 0 Å². The minimum Gasteiger partial charge on any atom is -0.429 e. The van der Waals surface area contributed by atoms with Crippen LogP contribution in [0.25, 0.3) is 0 Å². The van der Waals surface area contributed by atoms with E-state index in [9.17, 15) is 9.90 Å². The van der Waals surface area contributed by atoms with Gasteiger partial charge in [0, 0.05) is 0 Å². The van der Waals surface area contributed by atoms with Crippen LogP contribution >= 0.6 is 0 Å². The van der Waals surface area contributed by atoms with E-state index in [1.165, 1.54) is 13.8 Å². The summed E-state index contributed by atoms with van der Waals surface area (Å²) < 4.78 is 15.6. The van der Waals surface area contributed by atoms with Crippen molar-refractivity contribution >= 4 is 13.4 Å². The Morgan fingerprint density at radius 3 is 2.29 bits per heavy atom. The quantitative estimate of drug-likeness (QED) is 0.262. The normalized spacial score (nSPS) is 24.5. The second kappa shape index (κ2) is 5.96. The van der Waals surface area contributed by atoms with Gasteiger partial charge in [-0.3, -0.25) is 0 Å². The summed E-state index contributed by atoms with van der Waals surface area (Å²) >= 11 is 0. The van der Waals surface area contributed by atoms with Crippen molar-refractivity contribution in [3.8, 4) is 0 Å². The molecule has 1 heterocycles. The van der Waals surface area contributed by atoms with E-state index in [1.54, 1.807) is 6.92 Å². The van der Waals surface area contributed by atoms with E-state index >= 15 is 0 Å². The first-order chi connectivity index (χ1) is 9.31. The number of ether oxygens (including phenoxy) is 3. The number of cyclic esters (lactones) is 2. The molecular formula is C13H23BO7. The first kappa shape index (κ1) is 18.0. The molecule has 1 aliphatic rings. The molecule has 0 aromatic heterocycles. The van der Waals surface area contributed by atoms with Crippen LogP contribution in [0.3, 0.4) is 0 Å². The smallest absolute Gasteiger partial charge is 0.429 e. The molecule has 0 amide bonds. The molecule has 0 spiro atoms. The topological polar surface area (TPSA) is 83.5 Å². The molecule has 1 rings (SSSR count). The maximum Gasteiger partial charge on any atom is 0.513 e. The van der Waals surface area contributed by atoms with E-state index in [2.05, 4.69) is 6.58 Å². The van der Waals surface area contributed by atoms with E-state index in [4.69, 9.17) is 24.0 Å². The second-order valence-electron chi connectivity index (χ2n) is 6.60. The Morgan fingerprint density at radius 1 is 1.33 bits per heavy atom. The van der Waals surface area contributed by atoms with Crippen molar-refractivity contribution in [1.82, 2.24) is 0 Å². The molecule has 2 unspecified atom stereocenters. The number of hydrogen-bond donors (Lipinski definition) is 1. The van der Waals surface area contributed by atoms with Crippen LogP contribution in [0.4, 0.5) is 4.79 Å². The predicted molar refractivity (Wildman–Crippen MR) is 75.4 cm³/mol. The predicted octanol–water partition coefficient (Wildman–Crippen LogP) is 1.59. The van der Waals surface area contributed by atoms with Gasteiger partial charge in [-0.05, 0) is 41.5 Å². The van der Waals surface area contributed by atoms with Crippen LogP contribution in [0.1, 0.15) is 41.5 Å². The average molecular weight is 302 g/mol. The Hall–Kier alpha value is -1.09. The van der Waals surface area contributed by atoms with E-state index in [-0.39, 0.29) is 13.0 Å². The number of hydrogen-bond acceptors (Lipinski definition) is 7. The summed E-state index contributed by atoms with van der Waals surface area (Å²) in [4.78, 5) is 21.2. The first-order valence-corrected chi connectivity index (χ1v) is 6.66. The highest BCUT2D eigenvalue weighted by atomic mass is 17.2. The van der Waals surface area contributed by atoms with E-state index in [0.717, 1.165) is 0 Å².